The zero-order chi connectivity index (χ0) is 11.3. The van der Waals surface area contributed by atoms with E-state index in [1.807, 2.05) is 14.0 Å². The second kappa shape index (κ2) is 6.08. The maximum Gasteiger partial charge on any atom is 0.236 e. The first-order valence-electron chi connectivity index (χ1n) is 5.82. The summed E-state index contributed by atoms with van der Waals surface area (Å²) < 4.78 is 0. The van der Waals surface area contributed by atoms with Crippen molar-refractivity contribution in [1.29, 1.82) is 0 Å². The van der Waals surface area contributed by atoms with Crippen LogP contribution in [0.25, 0.3) is 0 Å². The first kappa shape index (κ1) is 12.5. The monoisotopic (exact) mass is 213 g/mol. The molecule has 0 bridgehead atoms. The maximum atomic E-state index is 11.6. The molecule has 4 nitrogen and oxygen atoms in total. The highest BCUT2D eigenvalue weighted by Gasteiger charge is 2.29. The van der Waals surface area contributed by atoms with Gasteiger partial charge in [0.25, 0.3) is 0 Å². The van der Waals surface area contributed by atoms with E-state index in [2.05, 4.69) is 15.5 Å². The summed E-state index contributed by atoms with van der Waals surface area (Å²) in [5, 5.41) is 5.93. The Morgan fingerprint density at radius 3 is 2.80 bits per heavy atom. The van der Waals surface area contributed by atoms with Gasteiger partial charge in [0.05, 0.1) is 6.04 Å². The summed E-state index contributed by atoms with van der Waals surface area (Å²) in [6, 6.07) is 0.504. The van der Waals surface area contributed by atoms with Gasteiger partial charge >= 0.3 is 0 Å². The molecule has 1 saturated heterocycles. The molecule has 0 aromatic rings. The zero-order valence-electron chi connectivity index (χ0n) is 10.0. The topological polar surface area (TPSA) is 44.4 Å². The fourth-order valence-electron chi connectivity index (χ4n) is 2.35. The van der Waals surface area contributed by atoms with Gasteiger partial charge < -0.3 is 10.6 Å². The van der Waals surface area contributed by atoms with E-state index in [9.17, 15) is 4.79 Å². The fourth-order valence-corrected chi connectivity index (χ4v) is 2.35. The molecule has 0 aliphatic carbocycles. The second-order valence-electron chi connectivity index (χ2n) is 4.24. The molecule has 0 radical (unpaired) electrons. The van der Waals surface area contributed by atoms with Gasteiger partial charge in [-0.2, -0.15) is 0 Å². The van der Waals surface area contributed by atoms with Crippen molar-refractivity contribution in [2.75, 3.05) is 27.2 Å². The number of rotatable bonds is 4. The molecule has 1 amide bonds. The molecular formula is C11H23N3O. The number of likely N-dealkylation sites (N-methyl/N-ethyl adjacent to an activating group) is 2. The normalized spacial score (nSPS) is 24.9. The molecule has 4 heteroatoms. The minimum absolute atomic E-state index is 0.00588. The summed E-state index contributed by atoms with van der Waals surface area (Å²) in [7, 11) is 3.67. The first-order valence-corrected chi connectivity index (χ1v) is 5.82. The lowest BCUT2D eigenvalue weighted by Gasteiger charge is -2.39. The fraction of sp³-hybridized carbons (Fsp3) is 0.909. The molecule has 1 aliphatic rings. The van der Waals surface area contributed by atoms with Gasteiger partial charge in [-0.3, -0.25) is 9.69 Å². The first-order chi connectivity index (χ1) is 7.20. The molecule has 0 saturated carbocycles. The van der Waals surface area contributed by atoms with Crippen LogP contribution >= 0.6 is 0 Å². The molecule has 2 atom stereocenters. The van der Waals surface area contributed by atoms with Crippen LogP contribution in [0.15, 0.2) is 0 Å². The van der Waals surface area contributed by atoms with Crippen LogP contribution in [0.3, 0.4) is 0 Å². The molecule has 0 aromatic heterocycles. The molecule has 2 unspecified atom stereocenters. The van der Waals surface area contributed by atoms with E-state index in [-0.39, 0.29) is 11.9 Å². The molecule has 15 heavy (non-hydrogen) atoms. The molecule has 1 heterocycles. The molecule has 1 rings (SSSR count). The molecular weight excluding hydrogens is 190 g/mol. The minimum atomic E-state index is -0.00588. The lowest BCUT2D eigenvalue weighted by Crippen LogP contribution is -2.53. The van der Waals surface area contributed by atoms with Gasteiger partial charge in [0.15, 0.2) is 0 Å². The second-order valence-corrected chi connectivity index (χ2v) is 4.24. The predicted octanol–water partition coefficient (Wildman–Crippen LogP) is 0.195. The van der Waals surface area contributed by atoms with Crippen LogP contribution in [0.5, 0.6) is 0 Å². The average molecular weight is 213 g/mol. The Balaban J connectivity index is 2.58. The van der Waals surface area contributed by atoms with Crippen molar-refractivity contribution in [2.24, 2.45) is 0 Å². The highest BCUT2D eigenvalue weighted by Crippen LogP contribution is 2.19. The maximum absolute atomic E-state index is 11.6. The van der Waals surface area contributed by atoms with E-state index in [0.29, 0.717) is 6.04 Å². The molecule has 2 N–H and O–H groups in total. The molecule has 88 valence electrons. The van der Waals surface area contributed by atoms with Gasteiger partial charge in [-0.05, 0) is 33.4 Å². The van der Waals surface area contributed by atoms with E-state index in [1.54, 1.807) is 7.05 Å². The summed E-state index contributed by atoms with van der Waals surface area (Å²) in [5.41, 5.74) is 0. The van der Waals surface area contributed by atoms with Crippen molar-refractivity contribution < 1.29 is 4.79 Å². The van der Waals surface area contributed by atoms with Crippen LogP contribution in [-0.2, 0) is 4.79 Å². The Bertz CT molecular complexity index is 206. The van der Waals surface area contributed by atoms with Crippen LogP contribution in [-0.4, -0.2) is 50.1 Å². The van der Waals surface area contributed by atoms with Crippen LogP contribution in [0.1, 0.15) is 26.2 Å². The van der Waals surface area contributed by atoms with E-state index >= 15 is 0 Å². The number of hydrogen-bond donors (Lipinski definition) is 2. The number of nitrogens with one attached hydrogen (secondary N) is 2. The lowest BCUT2D eigenvalue weighted by molar-refractivity contribution is -0.126. The SMILES string of the molecule is CNCC1CCCCN1C(C)C(=O)NC. The smallest absolute Gasteiger partial charge is 0.236 e. The number of amides is 1. The quantitative estimate of drug-likeness (QED) is 0.701. The van der Waals surface area contributed by atoms with Gasteiger partial charge in [0.2, 0.25) is 5.91 Å². The number of nitrogens with zero attached hydrogens (tertiary/aromatic N) is 1. The number of hydrogen-bond acceptors (Lipinski definition) is 3. The summed E-state index contributed by atoms with van der Waals surface area (Å²) in [5.74, 6) is 0.123. The van der Waals surface area contributed by atoms with Gasteiger partial charge in [-0.25, -0.2) is 0 Å². The van der Waals surface area contributed by atoms with Gasteiger partial charge in [-0.1, -0.05) is 6.42 Å². The Labute approximate surface area is 92.4 Å². The Morgan fingerprint density at radius 2 is 2.20 bits per heavy atom. The van der Waals surface area contributed by atoms with Crippen molar-refractivity contribution in [2.45, 2.75) is 38.3 Å². The van der Waals surface area contributed by atoms with Crippen molar-refractivity contribution in [1.82, 2.24) is 15.5 Å². The highest BCUT2D eigenvalue weighted by molar-refractivity contribution is 5.81. The largest absolute Gasteiger partial charge is 0.358 e. The summed E-state index contributed by atoms with van der Waals surface area (Å²) in [4.78, 5) is 13.9. The van der Waals surface area contributed by atoms with Gasteiger partial charge in [0, 0.05) is 19.6 Å². The predicted molar refractivity (Wildman–Crippen MR) is 61.8 cm³/mol. The van der Waals surface area contributed by atoms with Crippen molar-refractivity contribution in [3.8, 4) is 0 Å². The summed E-state index contributed by atoms with van der Waals surface area (Å²) in [6.45, 7) is 4.01. The molecule has 0 spiro atoms. The number of carbonyl (C=O) groups excluding carboxylic acids is 1. The average Bonchev–Trinajstić information content (AvgIpc) is 2.28. The molecule has 1 aliphatic heterocycles. The summed E-state index contributed by atoms with van der Waals surface area (Å²) >= 11 is 0. The van der Waals surface area contributed by atoms with E-state index in [1.165, 1.54) is 19.3 Å². The number of likely N-dealkylation sites (tertiary alicyclic amines) is 1. The van der Waals surface area contributed by atoms with Crippen LogP contribution in [0, 0.1) is 0 Å². The lowest BCUT2D eigenvalue weighted by atomic mass is 10.00. The number of carbonyl (C=O) groups is 1. The highest BCUT2D eigenvalue weighted by atomic mass is 16.2. The van der Waals surface area contributed by atoms with Crippen molar-refractivity contribution >= 4 is 5.91 Å². The minimum Gasteiger partial charge on any atom is -0.358 e. The van der Waals surface area contributed by atoms with E-state index in [0.717, 1.165) is 13.1 Å². The zero-order valence-corrected chi connectivity index (χ0v) is 10.0. The Hall–Kier alpha value is -0.610. The molecule has 0 aromatic carbocycles. The summed E-state index contributed by atoms with van der Waals surface area (Å²) in [6.07, 6.45) is 3.69. The standard InChI is InChI=1S/C11H23N3O/c1-9(11(15)13-3)14-7-5-4-6-10(14)8-12-2/h9-10,12H,4-8H2,1-3H3,(H,13,15). The third-order valence-corrected chi connectivity index (χ3v) is 3.24. The van der Waals surface area contributed by atoms with E-state index in [4.69, 9.17) is 0 Å². The Kier molecular flexibility index (Phi) is 5.05. The van der Waals surface area contributed by atoms with Crippen LogP contribution in [0.2, 0.25) is 0 Å². The van der Waals surface area contributed by atoms with Crippen LogP contribution in [0.4, 0.5) is 0 Å². The number of piperidine rings is 1. The third-order valence-electron chi connectivity index (χ3n) is 3.24. The van der Waals surface area contributed by atoms with Crippen molar-refractivity contribution in [3.63, 3.8) is 0 Å². The van der Waals surface area contributed by atoms with Crippen molar-refractivity contribution in [3.05, 3.63) is 0 Å². The van der Waals surface area contributed by atoms with Gasteiger partial charge in [-0.15, -0.1) is 0 Å². The van der Waals surface area contributed by atoms with Gasteiger partial charge in [0.1, 0.15) is 0 Å². The third kappa shape index (κ3) is 3.18. The van der Waals surface area contributed by atoms with Crippen LogP contribution < -0.4 is 10.6 Å². The molecule has 1 fully saturated rings. The Morgan fingerprint density at radius 1 is 1.47 bits per heavy atom. The van der Waals surface area contributed by atoms with E-state index < -0.39 is 0 Å².